The highest BCUT2D eigenvalue weighted by molar-refractivity contribution is 5.74. The molecule has 9 heteroatoms. The Morgan fingerprint density at radius 1 is 0.826 bits per heavy atom. The van der Waals surface area contributed by atoms with E-state index in [0.29, 0.717) is 6.42 Å². The number of rotatable bonds is 7. The van der Waals surface area contributed by atoms with Crippen LogP contribution in [0.1, 0.15) is 32.6 Å². The molecule has 0 radical (unpaired) electrons. The SMILES string of the molecule is CCCOC(=O)CCCC(=O)Oc1c(F)c(F)c(F)c(F)c1F. The fourth-order valence-corrected chi connectivity index (χ4v) is 1.50. The van der Waals surface area contributed by atoms with E-state index in [1.165, 1.54) is 0 Å². The van der Waals surface area contributed by atoms with Crippen molar-refractivity contribution >= 4 is 11.9 Å². The van der Waals surface area contributed by atoms with E-state index >= 15 is 0 Å². The molecular weight excluding hydrogens is 327 g/mol. The zero-order valence-corrected chi connectivity index (χ0v) is 12.1. The number of carbonyl (C=O) groups excluding carboxylic acids is 2. The molecule has 1 aromatic rings. The van der Waals surface area contributed by atoms with Crippen LogP contribution in [0.3, 0.4) is 0 Å². The van der Waals surface area contributed by atoms with Gasteiger partial charge < -0.3 is 9.47 Å². The molecule has 0 amide bonds. The molecule has 0 saturated carbocycles. The minimum absolute atomic E-state index is 0.0588. The van der Waals surface area contributed by atoms with Crippen LogP contribution in [0.5, 0.6) is 5.75 Å². The lowest BCUT2D eigenvalue weighted by Gasteiger charge is -2.08. The van der Waals surface area contributed by atoms with E-state index in [2.05, 4.69) is 4.74 Å². The van der Waals surface area contributed by atoms with Crippen LogP contribution >= 0.6 is 0 Å². The third-order valence-corrected chi connectivity index (χ3v) is 2.61. The Labute approximate surface area is 128 Å². The molecule has 1 rings (SSSR count). The number of ether oxygens (including phenoxy) is 2. The molecule has 0 aliphatic rings. The van der Waals surface area contributed by atoms with Crippen molar-refractivity contribution < 1.29 is 41.0 Å². The summed E-state index contributed by atoms with van der Waals surface area (Å²) in [4.78, 5) is 22.5. The summed E-state index contributed by atoms with van der Waals surface area (Å²) in [6.07, 6.45) is -0.0439. The molecule has 0 spiro atoms. The van der Waals surface area contributed by atoms with Gasteiger partial charge in [-0.3, -0.25) is 9.59 Å². The van der Waals surface area contributed by atoms with Gasteiger partial charge in [0, 0.05) is 12.8 Å². The second kappa shape index (κ2) is 8.44. The molecule has 0 N–H and O–H groups in total. The van der Waals surface area contributed by atoms with E-state index in [4.69, 9.17) is 4.74 Å². The van der Waals surface area contributed by atoms with Crippen LogP contribution < -0.4 is 4.74 Å². The van der Waals surface area contributed by atoms with Crippen molar-refractivity contribution in [2.45, 2.75) is 32.6 Å². The summed E-state index contributed by atoms with van der Waals surface area (Å²) in [6.45, 7) is 2.00. The molecule has 0 bridgehead atoms. The maximum Gasteiger partial charge on any atom is 0.311 e. The number of hydrogen-bond donors (Lipinski definition) is 0. The van der Waals surface area contributed by atoms with Crippen LogP contribution in [0.25, 0.3) is 0 Å². The van der Waals surface area contributed by atoms with E-state index in [-0.39, 0.29) is 19.4 Å². The van der Waals surface area contributed by atoms with Gasteiger partial charge in [0.1, 0.15) is 0 Å². The van der Waals surface area contributed by atoms with Crippen molar-refractivity contribution in [1.82, 2.24) is 0 Å². The van der Waals surface area contributed by atoms with Crippen molar-refractivity contribution in [1.29, 1.82) is 0 Å². The quantitative estimate of drug-likeness (QED) is 0.251. The molecule has 0 aliphatic carbocycles. The second-order valence-corrected chi connectivity index (χ2v) is 4.45. The van der Waals surface area contributed by atoms with Crippen LogP contribution in [0.15, 0.2) is 0 Å². The van der Waals surface area contributed by atoms with E-state index in [9.17, 15) is 31.5 Å². The molecule has 0 aromatic heterocycles. The van der Waals surface area contributed by atoms with Gasteiger partial charge in [-0.2, -0.15) is 8.78 Å². The topological polar surface area (TPSA) is 52.6 Å². The van der Waals surface area contributed by atoms with Gasteiger partial charge in [-0.15, -0.1) is 0 Å². The van der Waals surface area contributed by atoms with Crippen LogP contribution in [-0.4, -0.2) is 18.5 Å². The Morgan fingerprint density at radius 3 is 1.83 bits per heavy atom. The number of esters is 2. The molecule has 128 valence electrons. The summed E-state index contributed by atoms with van der Waals surface area (Å²) in [7, 11) is 0. The monoisotopic (exact) mass is 340 g/mol. The Bertz CT molecular complexity index is 574. The first-order chi connectivity index (χ1) is 10.8. The molecule has 0 unspecified atom stereocenters. The van der Waals surface area contributed by atoms with Gasteiger partial charge in [-0.25, -0.2) is 13.2 Å². The maximum absolute atomic E-state index is 13.3. The minimum Gasteiger partial charge on any atom is -0.466 e. The Morgan fingerprint density at radius 2 is 1.30 bits per heavy atom. The highest BCUT2D eigenvalue weighted by atomic mass is 19.2. The van der Waals surface area contributed by atoms with E-state index < -0.39 is 53.2 Å². The van der Waals surface area contributed by atoms with Gasteiger partial charge >= 0.3 is 11.9 Å². The Kier molecular flexibility index (Phi) is 6.92. The summed E-state index contributed by atoms with van der Waals surface area (Å²) in [5.74, 6) is -14.7. The van der Waals surface area contributed by atoms with Crippen molar-refractivity contribution in [3.8, 4) is 5.75 Å². The average Bonchev–Trinajstić information content (AvgIpc) is 2.53. The van der Waals surface area contributed by atoms with Gasteiger partial charge in [0.25, 0.3) is 0 Å². The number of hydrogen-bond acceptors (Lipinski definition) is 4. The van der Waals surface area contributed by atoms with Crippen LogP contribution in [0.4, 0.5) is 22.0 Å². The average molecular weight is 340 g/mol. The Balaban J connectivity index is 2.64. The lowest BCUT2D eigenvalue weighted by atomic mass is 10.2. The highest BCUT2D eigenvalue weighted by Gasteiger charge is 2.28. The first-order valence-electron chi connectivity index (χ1n) is 6.67. The smallest absolute Gasteiger partial charge is 0.311 e. The lowest BCUT2D eigenvalue weighted by molar-refractivity contribution is -0.144. The normalized spacial score (nSPS) is 10.5. The first-order valence-corrected chi connectivity index (χ1v) is 6.67. The standard InChI is InChI=1S/C14H13F5O4/c1-2-6-22-7(20)4-3-5-8(21)23-14-12(18)10(16)9(15)11(17)13(14)19/h2-6H2,1H3. The van der Waals surface area contributed by atoms with E-state index in [0.717, 1.165) is 0 Å². The van der Waals surface area contributed by atoms with Crippen molar-refractivity contribution in [2.24, 2.45) is 0 Å². The Hall–Kier alpha value is -2.19. The molecule has 1 aromatic carbocycles. The lowest BCUT2D eigenvalue weighted by Crippen LogP contribution is -2.14. The third-order valence-electron chi connectivity index (χ3n) is 2.61. The summed E-state index contributed by atoms with van der Waals surface area (Å²) in [5, 5.41) is 0. The van der Waals surface area contributed by atoms with Crippen LogP contribution in [0.2, 0.25) is 0 Å². The van der Waals surface area contributed by atoms with Gasteiger partial charge in [-0.1, -0.05) is 6.92 Å². The zero-order valence-electron chi connectivity index (χ0n) is 12.1. The molecule has 0 aliphatic heterocycles. The first kappa shape index (κ1) is 18.9. The molecular formula is C14H13F5O4. The largest absolute Gasteiger partial charge is 0.466 e. The second-order valence-electron chi connectivity index (χ2n) is 4.45. The van der Waals surface area contributed by atoms with Gasteiger partial charge in [0.05, 0.1) is 6.61 Å². The molecule has 4 nitrogen and oxygen atoms in total. The molecule has 0 atom stereocenters. The highest BCUT2D eigenvalue weighted by Crippen LogP contribution is 2.29. The van der Waals surface area contributed by atoms with Crippen molar-refractivity contribution in [3.63, 3.8) is 0 Å². The van der Waals surface area contributed by atoms with E-state index in [1.807, 2.05) is 0 Å². The third kappa shape index (κ3) is 4.90. The fraction of sp³-hybridized carbons (Fsp3) is 0.429. The fourth-order valence-electron chi connectivity index (χ4n) is 1.50. The molecule has 0 heterocycles. The van der Waals surface area contributed by atoms with Gasteiger partial charge in [0.2, 0.25) is 34.8 Å². The maximum atomic E-state index is 13.3. The van der Waals surface area contributed by atoms with Crippen LogP contribution in [-0.2, 0) is 14.3 Å². The summed E-state index contributed by atoms with van der Waals surface area (Å²) in [5.41, 5.74) is 0. The van der Waals surface area contributed by atoms with Gasteiger partial charge in [0.15, 0.2) is 0 Å². The molecule has 23 heavy (non-hydrogen) atoms. The van der Waals surface area contributed by atoms with E-state index in [1.54, 1.807) is 6.92 Å². The van der Waals surface area contributed by atoms with Crippen molar-refractivity contribution in [2.75, 3.05) is 6.61 Å². The summed E-state index contributed by atoms with van der Waals surface area (Å²) < 4.78 is 74.1. The zero-order chi connectivity index (χ0) is 17.6. The molecule has 0 saturated heterocycles. The van der Waals surface area contributed by atoms with Crippen LogP contribution in [0, 0.1) is 29.1 Å². The van der Waals surface area contributed by atoms with Crippen molar-refractivity contribution in [3.05, 3.63) is 29.1 Å². The predicted molar refractivity (Wildman–Crippen MR) is 67.0 cm³/mol. The minimum atomic E-state index is -2.35. The molecule has 0 fully saturated rings. The predicted octanol–water partition coefficient (Wildman–Crippen LogP) is 3.41. The number of halogens is 5. The van der Waals surface area contributed by atoms with Gasteiger partial charge in [-0.05, 0) is 12.8 Å². The number of carbonyl (C=O) groups is 2. The number of benzene rings is 1. The summed E-state index contributed by atoms with van der Waals surface area (Å²) >= 11 is 0. The summed E-state index contributed by atoms with van der Waals surface area (Å²) in [6, 6.07) is 0.